The third-order valence-electron chi connectivity index (χ3n) is 1.96. The monoisotopic (exact) mass is 224 g/mol. The molecule has 1 N–H and O–H groups in total. The highest BCUT2D eigenvalue weighted by Crippen LogP contribution is 2.12. The SMILES string of the molecule is COc1ccc(C(=O)OC(C)C(=O)O)cc1. The van der Waals surface area contributed by atoms with Gasteiger partial charge in [0, 0.05) is 0 Å². The average molecular weight is 224 g/mol. The van der Waals surface area contributed by atoms with Gasteiger partial charge in [0.1, 0.15) is 5.75 Å². The minimum atomic E-state index is -1.18. The van der Waals surface area contributed by atoms with Crippen molar-refractivity contribution in [3.8, 4) is 5.75 Å². The van der Waals surface area contributed by atoms with E-state index < -0.39 is 18.0 Å². The Labute approximate surface area is 92.6 Å². The molecule has 16 heavy (non-hydrogen) atoms. The van der Waals surface area contributed by atoms with Gasteiger partial charge in [0.05, 0.1) is 12.7 Å². The molecule has 0 amide bonds. The van der Waals surface area contributed by atoms with E-state index in [1.807, 2.05) is 0 Å². The third kappa shape index (κ3) is 2.98. The first-order valence-corrected chi connectivity index (χ1v) is 4.62. The topological polar surface area (TPSA) is 72.8 Å². The molecule has 1 unspecified atom stereocenters. The summed E-state index contributed by atoms with van der Waals surface area (Å²) in [6, 6.07) is 6.22. The van der Waals surface area contributed by atoms with Crippen LogP contribution in [0.15, 0.2) is 24.3 Å². The Morgan fingerprint density at radius 2 is 1.81 bits per heavy atom. The molecule has 1 aromatic rings. The number of ether oxygens (including phenoxy) is 2. The molecule has 5 heteroatoms. The fourth-order valence-corrected chi connectivity index (χ4v) is 1.01. The number of carbonyl (C=O) groups is 2. The number of hydrogen-bond acceptors (Lipinski definition) is 4. The van der Waals surface area contributed by atoms with Gasteiger partial charge in [-0.25, -0.2) is 9.59 Å². The van der Waals surface area contributed by atoms with Crippen LogP contribution in [0.5, 0.6) is 5.75 Å². The van der Waals surface area contributed by atoms with Crippen molar-refractivity contribution in [2.45, 2.75) is 13.0 Å². The fraction of sp³-hybridized carbons (Fsp3) is 0.273. The standard InChI is InChI=1S/C11H12O5/c1-7(10(12)13)16-11(14)8-3-5-9(15-2)6-4-8/h3-7H,1-2H3,(H,12,13). The number of carboxylic acid groups (broad SMARTS) is 1. The minimum Gasteiger partial charge on any atom is -0.497 e. The third-order valence-corrected chi connectivity index (χ3v) is 1.96. The maximum atomic E-state index is 11.4. The Morgan fingerprint density at radius 3 is 2.25 bits per heavy atom. The van der Waals surface area contributed by atoms with E-state index in [1.165, 1.54) is 26.2 Å². The molecule has 0 fully saturated rings. The van der Waals surface area contributed by atoms with Crippen molar-refractivity contribution in [2.24, 2.45) is 0 Å². The largest absolute Gasteiger partial charge is 0.497 e. The van der Waals surface area contributed by atoms with Crippen LogP contribution in [-0.4, -0.2) is 30.3 Å². The quantitative estimate of drug-likeness (QED) is 0.781. The van der Waals surface area contributed by atoms with E-state index in [2.05, 4.69) is 0 Å². The zero-order valence-corrected chi connectivity index (χ0v) is 8.97. The molecular formula is C11H12O5. The second-order valence-electron chi connectivity index (χ2n) is 3.11. The molecule has 0 saturated heterocycles. The molecule has 1 rings (SSSR count). The highest BCUT2D eigenvalue weighted by atomic mass is 16.6. The Kier molecular flexibility index (Phi) is 3.88. The summed E-state index contributed by atoms with van der Waals surface area (Å²) < 4.78 is 9.61. The zero-order chi connectivity index (χ0) is 12.1. The minimum absolute atomic E-state index is 0.286. The molecule has 0 saturated carbocycles. The molecule has 0 radical (unpaired) electrons. The van der Waals surface area contributed by atoms with Gasteiger partial charge in [0.2, 0.25) is 0 Å². The van der Waals surface area contributed by atoms with Gasteiger partial charge in [-0.15, -0.1) is 0 Å². The van der Waals surface area contributed by atoms with E-state index in [0.717, 1.165) is 0 Å². The van der Waals surface area contributed by atoms with Crippen molar-refractivity contribution in [3.05, 3.63) is 29.8 Å². The van der Waals surface area contributed by atoms with Crippen LogP contribution in [0.25, 0.3) is 0 Å². The molecule has 0 aromatic heterocycles. The predicted molar refractivity (Wildman–Crippen MR) is 55.5 cm³/mol. The number of hydrogen-bond donors (Lipinski definition) is 1. The number of carbonyl (C=O) groups excluding carboxylic acids is 1. The smallest absolute Gasteiger partial charge is 0.344 e. The van der Waals surface area contributed by atoms with Gasteiger partial charge < -0.3 is 14.6 Å². The van der Waals surface area contributed by atoms with Gasteiger partial charge in [0.15, 0.2) is 6.10 Å². The average Bonchev–Trinajstić information content (AvgIpc) is 2.28. The Bertz CT molecular complexity index is 382. The number of rotatable bonds is 4. The molecule has 0 aliphatic heterocycles. The summed E-state index contributed by atoms with van der Waals surface area (Å²) >= 11 is 0. The lowest BCUT2D eigenvalue weighted by molar-refractivity contribution is -0.146. The molecule has 0 aliphatic carbocycles. The molecule has 0 heterocycles. The van der Waals surface area contributed by atoms with Crippen LogP contribution < -0.4 is 4.74 Å². The van der Waals surface area contributed by atoms with E-state index >= 15 is 0 Å². The molecule has 1 aromatic carbocycles. The molecule has 0 bridgehead atoms. The highest BCUT2D eigenvalue weighted by Gasteiger charge is 2.17. The maximum Gasteiger partial charge on any atom is 0.344 e. The van der Waals surface area contributed by atoms with Crippen molar-refractivity contribution < 1.29 is 24.2 Å². The summed E-state index contributed by atoms with van der Waals surface area (Å²) in [6.45, 7) is 1.30. The van der Waals surface area contributed by atoms with Crippen LogP contribution in [0.4, 0.5) is 0 Å². The van der Waals surface area contributed by atoms with Crippen molar-refractivity contribution in [1.29, 1.82) is 0 Å². The van der Waals surface area contributed by atoms with E-state index in [1.54, 1.807) is 12.1 Å². The number of carboxylic acids is 1. The van der Waals surface area contributed by atoms with Crippen molar-refractivity contribution >= 4 is 11.9 Å². The zero-order valence-electron chi connectivity index (χ0n) is 8.97. The summed E-state index contributed by atoms with van der Waals surface area (Å²) in [7, 11) is 1.51. The van der Waals surface area contributed by atoms with E-state index in [4.69, 9.17) is 14.6 Å². The highest BCUT2D eigenvalue weighted by molar-refractivity contribution is 5.91. The van der Waals surface area contributed by atoms with Crippen molar-refractivity contribution in [3.63, 3.8) is 0 Å². The fourth-order valence-electron chi connectivity index (χ4n) is 1.01. The van der Waals surface area contributed by atoms with Crippen LogP contribution in [0.2, 0.25) is 0 Å². The van der Waals surface area contributed by atoms with Crippen LogP contribution in [0, 0.1) is 0 Å². The van der Waals surface area contributed by atoms with E-state index in [-0.39, 0.29) is 5.56 Å². The van der Waals surface area contributed by atoms with Gasteiger partial charge >= 0.3 is 11.9 Å². The Morgan fingerprint density at radius 1 is 1.25 bits per heavy atom. The normalized spacial score (nSPS) is 11.6. The lowest BCUT2D eigenvalue weighted by atomic mass is 10.2. The van der Waals surface area contributed by atoms with Gasteiger partial charge in [-0.05, 0) is 31.2 Å². The van der Waals surface area contributed by atoms with Gasteiger partial charge in [-0.2, -0.15) is 0 Å². The van der Waals surface area contributed by atoms with Crippen LogP contribution >= 0.6 is 0 Å². The predicted octanol–water partition coefficient (Wildman–Crippen LogP) is 1.33. The summed E-state index contributed by atoms with van der Waals surface area (Å²) in [6.07, 6.45) is -1.16. The van der Waals surface area contributed by atoms with Crippen molar-refractivity contribution in [2.75, 3.05) is 7.11 Å². The van der Waals surface area contributed by atoms with Gasteiger partial charge in [0.25, 0.3) is 0 Å². The molecule has 0 spiro atoms. The molecule has 86 valence electrons. The summed E-state index contributed by atoms with van der Waals surface area (Å²) in [5, 5.41) is 8.56. The Balaban J connectivity index is 2.69. The number of methoxy groups -OCH3 is 1. The lowest BCUT2D eigenvalue weighted by Crippen LogP contribution is -2.23. The van der Waals surface area contributed by atoms with Crippen LogP contribution in [0.3, 0.4) is 0 Å². The second-order valence-corrected chi connectivity index (χ2v) is 3.11. The lowest BCUT2D eigenvalue weighted by Gasteiger charge is -2.08. The Hall–Kier alpha value is -2.04. The molecule has 5 nitrogen and oxygen atoms in total. The van der Waals surface area contributed by atoms with Gasteiger partial charge in [-0.1, -0.05) is 0 Å². The van der Waals surface area contributed by atoms with E-state index in [9.17, 15) is 9.59 Å². The number of aliphatic carboxylic acids is 1. The first kappa shape index (κ1) is 12.0. The van der Waals surface area contributed by atoms with E-state index in [0.29, 0.717) is 5.75 Å². The summed E-state index contributed by atoms with van der Waals surface area (Å²) in [5.41, 5.74) is 0.286. The molecule has 1 atom stereocenters. The second kappa shape index (κ2) is 5.16. The molecular weight excluding hydrogens is 212 g/mol. The first-order valence-electron chi connectivity index (χ1n) is 4.62. The summed E-state index contributed by atoms with van der Waals surface area (Å²) in [4.78, 5) is 21.9. The first-order chi connectivity index (χ1) is 7.54. The van der Waals surface area contributed by atoms with Crippen molar-refractivity contribution in [1.82, 2.24) is 0 Å². The van der Waals surface area contributed by atoms with Crippen LogP contribution in [0.1, 0.15) is 17.3 Å². The number of esters is 1. The van der Waals surface area contributed by atoms with Gasteiger partial charge in [-0.3, -0.25) is 0 Å². The number of benzene rings is 1. The maximum absolute atomic E-state index is 11.4. The summed E-state index contributed by atoms with van der Waals surface area (Å²) in [5.74, 6) is -1.23. The van der Waals surface area contributed by atoms with Crippen LogP contribution in [-0.2, 0) is 9.53 Å². The molecule has 0 aliphatic rings.